The van der Waals surface area contributed by atoms with Gasteiger partial charge < -0.3 is 10.1 Å². The zero-order valence-corrected chi connectivity index (χ0v) is 19.5. The first kappa shape index (κ1) is 23.8. The van der Waals surface area contributed by atoms with E-state index in [1.54, 1.807) is 31.4 Å². The van der Waals surface area contributed by atoms with Gasteiger partial charge in [-0.1, -0.05) is 35.9 Å². The minimum atomic E-state index is -3.77. The van der Waals surface area contributed by atoms with E-state index in [0.29, 0.717) is 23.7 Å². The number of carbonyl (C=O) groups is 1. The Kier molecular flexibility index (Phi) is 7.90. The lowest BCUT2D eigenvalue weighted by molar-refractivity contribution is -0.114. The van der Waals surface area contributed by atoms with Crippen LogP contribution in [0.3, 0.4) is 0 Å². The number of ether oxygens (including phenoxy) is 1. The third-order valence-corrected chi connectivity index (χ3v) is 7.00. The Labute approximate surface area is 193 Å². The van der Waals surface area contributed by atoms with Gasteiger partial charge in [-0.25, -0.2) is 8.42 Å². The second-order valence-electron chi connectivity index (χ2n) is 7.27. The molecular weight excluding hydrogens is 448 g/mol. The quantitative estimate of drug-likeness (QED) is 0.488. The first-order valence-corrected chi connectivity index (χ1v) is 11.8. The average Bonchev–Trinajstić information content (AvgIpc) is 2.78. The fraction of sp³-hybridized carbons (Fsp3) is 0.208. The van der Waals surface area contributed by atoms with Gasteiger partial charge >= 0.3 is 0 Å². The molecule has 8 heteroatoms. The maximum Gasteiger partial charge on any atom is 0.243 e. The van der Waals surface area contributed by atoms with Gasteiger partial charge in [0.25, 0.3) is 0 Å². The SMILES string of the molecule is COc1ccc(CCN(Cc2ccc(Cl)cc2)S(=O)(=O)c2ccc(NC(C)=O)cc2)cc1. The van der Waals surface area contributed by atoms with Crippen molar-refractivity contribution in [1.29, 1.82) is 0 Å². The number of hydrogen-bond acceptors (Lipinski definition) is 4. The summed E-state index contributed by atoms with van der Waals surface area (Å²) in [6, 6.07) is 20.9. The standard InChI is InChI=1S/C24H25ClN2O4S/c1-18(28)26-22-9-13-24(14-10-22)32(29,30)27(17-20-3-7-21(25)8-4-20)16-15-19-5-11-23(31-2)12-6-19/h3-14H,15-17H2,1-2H3,(H,26,28). The molecule has 0 aliphatic carbocycles. The zero-order chi connectivity index (χ0) is 23.1. The molecule has 0 radical (unpaired) electrons. The Bertz CT molecular complexity index is 1150. The van der Waals surface area contributed by atoms with Crippen LogP contribution < -0.4 is 10.1 Å². The molecule has 0 spiro atoms. The largest absolute Gasteiger partial charge is 0.497 e. The summed E-state index contributed by atoms with van der Waals surface area (Å²) in [5, 5.41) is 3.24. The van der Waals surface area contributed by atoms with E-state index in [-0.39, 0.29) is 17.3 Å². The lowest BCUT2D eigenvalue weighted by atomic mass is 10.1. The van der Waals surface area contributed by atoms with Gasteiger partial charge in [-0.05, 0) is 66.1 Å². The van der Waals surface area contributed by atoms with Crippen molar-refractivity contribution in [3.05, 3.63) is 88.9 Å². The lowest BCUT2D eigenvalue weighted by Gasteiger charge is -2.23. The predicted octanol–water partition coefficient (Wildman–Crippen LogP) is 4.74. The van der Waals surface area contributed by atoms with Crippen molar-refractivity contribution in [1.82, 2.24) is 4.31 Å². The van der Waals surface area contributed by atoms with Crippen LogP contribution >= 0.6 is 11.6 Å². The molecule has 0 atom stereocenters. The average molecular weight is 473 g/mol. The molecule has 32 heavy (non-hydrogen) atoms. The van der Waals surface area contributed by atoms with E-state index in [0.717, 1.165) is 16.9 Å². The fourth-order valence-corrected chi connectivity index (χ4v) is 4.74. The van der Waals surface area contributed by atoms with E-state index in [1.165, 1.54) is 23.4 Å². The molecule has 0 aromatic heterocycles. The number of halogens is 1. The molecule has 0 saturated heterocycles. The minimum Gasteiger partial charge on any atom is -0.497 e. The number of sulfonamides is 1. The topological polar surface area (TPSA) is 75.7 Å². The molecule has 0 bridgehead atoms. The van der Waals surface area contributed by atoms with Crippen LogP contribution in [0.2, 0.25) is 5.02 Å². The summed E-state index contributed by atoms with van der Waals surface area (Å²) >= 11 is 5.98. The molecule has 168 valence electrons. The van der Waals surface area contributed by atoms with Crippen molar-refractivity contribution < 1.29 is 17.9 Å². The summed E-state index contributed by atoms with van der Waals surface area (Å²) in [4.78, 5) is 11.4. The third kappa shape index (κ3) is 6.32. The molecular formula is C24H25ClN2O4S. The van der Waals surface area contributed by atoms with E-state index in [9.17, 15) is 13.2 Å². The van der Waals surface area contributed by atoms with Crippen LogP contribution in [0, 0.1) is 0 Å². The van der Waals surface area contributed by atoms with Gasteiger partial charge in [0.2, 0.25) is 15.9 Å². The van der Waals surface area contributed by atoms with Crippen molar-refractivity contribution in [3.63, 3.8) is 0 Å². The van der Waals surface area contributed by atoms with Crippen molar-refractivity contribution in [3.8, 4) is 5.75 Å². The third-order valence-electron chi connectivity index (χ3n) is 4.89. The zero-order valence-electron chi connectivity index (χ0n) is 17.9. The number of nitrogens with one attached hydrogen (secondary N) is 1. The van der Waals surface area contributed by atoms with Crippen molar-refractivity contribution >= 4 is 33.2 Å². The Morgan fingerprint density at radius 2 is 1.53 bits per heavy atom. The monoisotopic (exact) mass is 472 g/mol. The van der Waals surface area contributed by atoms with Crippen LogP contribution in [0.1, 0.15) is 18.1 Å². The van der Waals surface area contributed by atoms with Crippen LogP contribution in [-0.2, 0) is 27.8 Å². The maximum atomic E-state index is 13.5. The van der Waals surface area contributed by atoms with E-state index < -0.39 is 10.0 Å². The van der Waals surface area contributed by atoms with Crippen LogP contribution in [0.25, 0.3) is 0 Å². The minimum absolute atomic E-state index is 0.162. The number of methoxy groups -OCH3 is 1. The lowest BCUT2D eigenvalue weighted by Crippen LogP contribution is -2.32. The molecule has 0 heterocycles. The number of benzene rings is 3. The van der Waals surface area contributed by atoms with E-state index >= 15 is 0 Å². The molecule has 1 N–H and O–H groups in total. The Morgan fingerprint density at radius 3 is 2.09 bits per heavy atom. The normalized spacial score (nSPS) is 11.4. The number of nitrogens with zero attached hydrogens (tertiary/aromatic N) is 1. The predicted molar refractivity (Wildman–Crippen MR) is 126 cm³/mol. The second kappa shape index (κ2) is 10.6. The summed E-state index contributed by atoms with van der Waals surface area (Å²) in [6.07, 6.45) is 0.542. The summed E-state index contributed by atoms with van der Waals surface area (Å²) in [5.74, 6) is 0.531. The number of carbonyl (C=O) groups excluding carboxylic acids is 1. The van der Waals surface area contributed by atoms with E-state index in [4.69, 9.17) is 16.3 Å². The van der Waals surface area contributed by atoms with Gasteiger partial charge in [0.05, 0.1) is 12.0 Å². The summed E-state index contributed by atoms with van der Waals surface area (Å²) in [6.45, 7) is 1.91. The summed E-state index contributed by atoms with van der Waals surface area (Å²) in [7, 11) is -2.17. The molecule has 1 amide bonds. The highest BCUT2D eigenvalue weighted by molar-refractivity contribution is 7.89. The molecule has 3 aromatic carbocycles. The highest BCUT2D eigenvalue weighted by Crippen LogP contribution is 2.22. The van der Waals surface area contributed by atoms with Crippen molar-refractivity contribution in [2.75, 3.05) is 19.0 Å². The van der Waals surface area contributed by atoms with Gasteiger partial charge in [-0.2, -0.15) is 4.31 Å². The molecule has 0 unspecified atom stereocenters. The molecule has 0 fully saturated rings. The van der Waals surface area contributed by atoms with E-state index in [2.05, 4.69) is 5.32 Å². The molecule has 3 aromatic rings. The second-order valence-corrected chi connectivity index (χ2v) is 9.64. The number of anilines is 1. The molecule has 0 saturated carbocycles. The van der Waals surface area contributed by atoms with Crippen LogP contribution in [-0.4, -0.2) is 32.3 Å². The number of rotatable bonds is 9. The first-order valence-electron chi connectivity index (χ1n) is 10.0. The molecule has 0 aliphatic heterocycles. The van der Waals surface area contributed by atoms with Gasteiger partial charge in [-0.3, -0.25) is 4.79 Å². The van der Waals surface area contributed by atoms with Gasteiger partial charge in [0.15, 0.2) is 0 Å². The Morgan fingerprint density at radius 1 is 0.938 bits per heavy atom. The van der Waals surface area contributed by atoms with Gasteiger partial charge in [-0.15, -0.1) is 0 Å². The summed E-state index contributed by atoms with van der Waals surface area (Å²) in [5.41, 5.74) is 2.38. The molecule has 6 nitrogen and oxygen atoms in total. The van der Waals surface area contributed by atoms with Gasteiger partial charge in [0.1, 0.15) is 5.75 Å². The van der Waals surface area contributed by atoms with Gasteiger partial charge in [0, 0.05) is 30.7 Å². The first-order chi connectivity index (χ1) is 15.3. The number of amides is 1. The molecule has 3 rings (SSSR count). The highest BCUT2D eigenvalue weighted by atomic mass is 35.5. The maximum absolute atomic E-state index is 13.5. The smallest absolute Gasteiger partial charge is 0.243 e. The van der Waals surface area contributed by atoms with Crippen LogP contribution in [0.4, 0.5) is 5.69 Å². The van der Waals surface area contributed by atoms with Crippen molar-refractivity contribution in [2.45, 2.75) is 24.8 Å². The number of hydrogen-bond donors (Lipinski definition) is 1. The van der Waals surface area contributed by atoms with Crippen LogP contribution in [0.15, 0.2) is 77.7 Å². The Hall–Kier alpha value is -2.87. The van der Waals surface area contributed by atoms with E-state index in [1.807, 2.05) is 36.4 Å². The highest BCUT2D eigenvalue weighted by Gasteiger charge is 2.24. The van der Waals surface area contributed by atoms with Crippen molar-refractivity contribution in [2.24, 2.45) is 0 Å². The Balaban J connectivity index is 1.85. The summed E-state index contributed by atoms with van der Waals surface area (Å²) < 4.78 is 33.5. The molecule has 0 aliphatic rings. The fourth-order valence-electron chi connectivity index (χ4n) is 3.19. The van der Waals surface area contributed by atoms with Crippen LogP contribution in [0.5, 0.6) is 5.75 Å².